The van der Waals surface area contributed by atoms with Crippen molar-refractivity contribution in [2.24, 2.45) is 11.7 Å². The minimum absolute atomic E-state index is 0.176. The molecule has 1 amide bonds. The summed E-state index contributed by atoms with van der Waals surface area (Å²) in [6.07, 6.45) is 4.95. The van der Waals surface area contributed by atoms with E-state index in [0.29, 0.717) is 5.56 Å². The molecular weight excluding hydrogens is 264 g/mol. The van der Waals surface area contributed by atoms with Crippen molar-refractivity contribution in [3.8, 4) is 0 Å². The average molecular weight is 284 g/mol. The number of nitrogens with one attached hydrogen (secondary N) is 1. The summed E-state index contributed by atoms with van der Waals surface area (Å²) in [7, 11) is 0. The SMILES string of the molecule is CCCc1[nH]c2cc(C(N)=O)ccc2c1C(=O)C1CCC1. The molecule has 1 heterocycles. The van der Waals surface area contributed by atoms with Crippen LogP contribution in [0.1, 0.15) is 59.0 Å². The fourth-order valence-electron chi connectivity index (χ4n) is 3.00. The van der Waals surface area contributed by atoms with Crippen LogP contribution in [0.5, 0.6) is 0 Å². The van der Waals surface area contributed by atoms with Crippen LogP contribution in [0.4, 0.5) is 0 Å². The van der Waals surface area contributed by atoms with Crippen LogP contribution >= 0.6 is 0 Å². The molecule has 1 aliphatic carbocycles. The van der Waals surface area contributed by atoms with E-state index in [1.807, 2.05) is 6.07 Å². The van der Waals surface area contributed by atoms with Crippen LogP contribution in [0.25, 0.3) is 10.9 Å². The zero-order valence-electron chi connectivity index (χ0n) is 12.2. The lowest BCUT2D eigenvalue weighted by Crippen LogP contribution is -2.22. The fourth-order valence-corrected chi connectivity index (χ4v) is 3.00. The monoisotopic (exact) mass is 284 g/mol. The van der Waals surface area contributed by atoms with E-state index >= 15 is 0 Å². The molecule has 0 radical (unpaired) electrons. The van der Waals surface area contributed by atoms with Gasteiger partial charge in [-0.1, -0.05) is 25.8 Å². The highest BCUT2D eigenvalue weighted by Crippen LogP contribution is 2.34. The summed E-state index contributed by atoms with van der Waals surface area (Å²) in [6.45, 7) is 2.10. The number of carbonyl (C=O) groups excluding carboxylic acids is 2. The number of H-pyrrole nitrogens is 1. The van der Waals surface area contributed by atoms with Crippen molar-refractivity contribution >= 4 is 22.6 Å². The van der Waals surface area contributed by atoms with Gasteiger partial charge in [0, 0.05) is 33.6 Å². The lowest BCUT2D eigenvalue weighted by atomic mass is 9.79. The van der Waals surface area contributed by atoms with Gasteiger partial charge >= 0.3 is 0 Å². The Bertz CT molecular complexity index is 711. The van der Waals surface area contributed by atoms with Crippen molar-refractivity contribution in [1.29, 1.82) is 0 Å². The second kappa shape index (κ2) is 5.35. The molecule has 4 heteroatoms. The van der Waals surface area contributed by atoms with Gasteiger partial charge in [0.15, 0.2) is 5.78 Å². The minimum atomic E-state index is -0.449. The number of hydrogen-bond donors (Lipinski definition) is 2. The van der Waals surface area contributed by atoms with Gasteiger partial charge in [-0.25, -0.2) is 0 Å². The summed E-state index contributed by atoms with van der Waals surface area (Å²) in [6, 6.07) is 5.29. The highest BCUT2D eigenvalue weighted by molar-refractivity contribution is 6.11. The van der Waals surface area contributed by atoms with Gasteiger partial charge in [0.05, 0.1) is 0 Å². The van der Waals surface area contributed by atoms with E-state index in [1.165, 1.54) is 0 Å². The number of carbonyl (C=O) groups is 2. The zero-order valence-corrected chi connectivity index (χ0v) is 12.2. The Morgan fingerprint density at radius 3 is 2.67 bits per heavy atom. The molecule has 1 fully saturated rings. The molecule has 0 aliphatic heterocycles. The number of aryl methyl sites for hydroxylation is 1. The fraction of sp³-hybridized carbons (Fsp3) is 0.412. The molecule has 2 aromatic rings. The van der Waals surface area contributed by atoms with E-state index in [-0.39, 0.29) is 11.7 Å². The van der Waals surface area contributed by atoms with Crippen molar-refractivity contribution < 1.29 is 9.59 Å². The Morgan fingerprint density at radius 2 is 2.10 bits per heavy atom. The van der Waals surface area contributed by atoms with Crippen LogP contribution in [0.2, 0.25) is 0 Å². The topological polar surface area (TPSA) is 76.0 Å². The number of Topliss-reactive ketones (excluding diaryl/α,β-unsaturated/α-hetero) is 1. The Labute approximate surface area is 123 Å². The molecule has 1 saturated carbocycles. The average Bonchev–Trinajstić information content (AvgIpc) is 2.73. The molecule has 0 bridgehead atoms. The maximum Gasteiger partial charge on any atom is 0.248 e. The van der Waals surface area contributed by atoms with Gasteiger partial charge in [-0.3, -0.25) is 9.59 Å². The minimum Gasteiger partial charge on any atom is -0.366 e. The summed E-state index contributed by atoms with van der Waals surface area (Å²) in [5.41, 5.74) is 8.44. The third-order valence-electron chi connectivity index (χ3n) is 4.38. The molecule has 21 heavy (non-hydrogen) atoms. The molecule has 0 unspecified atom stereocenters. The highest BCUT2D eigenvalue weighted by atomic mass is 16.1. The third kappa shape index (κ3) is 2.35. The van der Waals surface area contributed by atoms with Crippen LogP contribution < -0.4 is 5.73 Å². The Morgan fingerprint density at radius 1 is 1.33 bits per heavy atom. The van der Waals surface area contributed by atoms with E-state index in [9.17, 15) is 9.59 Å². The van der Waals surface area contributed by atoms with Gasteiger partial charge < -0.3 is 10.7 Å². The molecule has 0 atom stereocenters. The standard InChI is InChI=1S/C17H20N2O2/c1-2-4-13-15(16(20)10-5-3-6-10)12-8-7-11(17(18)21)9-14(12)19-13/h7-10,19H,2-6H2,1H3,(H2,18,21). The third-order valence-corrected chi connectivity index (χ3v) is 4.38. The van der Waals surface area contributed by atoms with Crippen molar-refractivity contribution in [3.05, 3.63) is 35.0 Å². The summed E-state index contributed by atoms with van der Waals surface area (Å²) in [5, 5.41) is 0.917. The van der Waals surface area contributed by atoms with Crippen molar-refractivity contribution in [2.75, 3.05) is 0 Å². The van der Waals surface area contributed by atoms with Crippen LogP contribution in [0.15, 0.2) is 18.2 Å². The first-order valence-corrected chi connectivity index (χ1v) is 7.60. The Kier molecular flexibility index (Phi) is 3.53. The number of fused-ring (bicyclic) bond motifs is 1. The predicted octanol–water partition coefficient (Wildman–Crippen LogP) is 3.20. The molecular formula is C17H20N2O2. The number of aromatic nitrogens is 1. The van der Waals surface area contributed by atoms with E-state index in [4.69, 9.17) is 5.73 Å². The van der Waals surface area contributed by atoms with Crippen LogP contribution in [0.3, 0.4) is 0 Å². The van der Waals surface area contributed by atoms with Crippen LogP contribution in [-0.2, 0) is 6.42 Å². The van der Waals surface area contributed by atoms with Gasteiger partial charge in [0.25, 0.3) is 0 Å². The van der Waals surface area contributed by atoms with Gasteiger partial charge in [0.2, 0.25) is 5.91 Å². The molecule has 0 spiro atoms. The lowest BCUT2D eigenvalue weighted by molar-refractivity contribution is 0.0855. The number of rotatable bonds is 5. The highest BCUT2D eigenvalue weighted by Gasteiger charge is 2.30. The van der Waals surface area contributed by atoms with Gasteiger partial charge in [-0.15, -0.1) is 0 Å². The molecule has 3 N–H and O–H groups in total. The number of aromatic amines is 1. The molecule has 0 saturated heterocycles. The van der Waals surface area contributed by atoms with Crippen LogP contribution in [-0.4, -0.2) is 16.7 Å². The number of amides is 1. The first-order chi connectivity index (χ1) is 10.1. The van der Waals surface area contributed by atoms with Crippen molar-refractivity contribution in [3.63, 3.8) is 0 Å². The van der Waals surface area contributed by atoms with E-state index in [0.717, 1.165) is 54.3 Å². The predicted molar refractivity (Wildman–Crippen MR) is 82.5 cm³/mol. The Hall–Kier alpha value is -2.10. The first-order valence-electron chi connectivity index (χ1n) is 7.60. The summed E-state index contributed by atoms with van der Waals surface area (Å²) < 4.78 is 0. The molecule has 3 rings (SSSR count). The second-order valence-corrected chi connectivity index (χ2v) is 5.85. The molecule has 110 valence electrons. The Balaban J connectivity index is 2.12. The number of ketones is 1. The van der Waals surface area contributed by atoms with Gasteiger partial charge in [-0.05, 0) is 31.4 Å². The normalized spacial score (nSPS) is 15.1. The smallest absolute Gasteiger partial charge is 0.248 e. The second-order valence-electron chi connectivity index (χ2n) is 5.85. The molecule has 1 aliphatic rings. The number of hydrogen-bond acceptors (Lipinski definition) is 2. The van der Waals surface area contributed by atoms with Gasteiger partial charge in [-0.2, -0.15) is 0 Å². The molecule has 4 nitrogen and oxygen atoms in total. The summed E-state index contributed by atoms with van der Waals surface area (Å²) in [5.74, 6) is -0.0198. The summed E-state index contributed by atoms with van der Waals surface area (Å²) >= 11 is 0. The van der Waals surface area contributed by atoms with Crippen LogP contribution in [0, 0.1) is 5.92 Å². The maximum atomic E-state index is 12.7. The van der Waals surface area contributed by atoms with Crippen molar-refractivity contribution in [2.45, 2.75) is 39.0 Å². The number of nitrogens with two attached hydrogens (primary N) is 1. The largest absolute Gasteiger partial charge is 0.366 e. The summed E-state index contributed by atoms with van der Waals surface area (Å²) in [4.78, 5) is 27.3. The van der Waals surface area contributed by atoms with E-state index in [2.05, 4.69) is 11.9 Å². The lowest BCUT2D eigenvalue weighted by Gasteiger charge is -2.24. The van der Waals surface area contributed by atoms with Gasteiger partial charge in [0.1, 0.15) is 0 Å². The van der Waals surface area contributed by atoms with Crippen molar-refractivity contribution in [1.82, 2.24) is 4.98 Å². The molecule has 1 aromatic carbocycles. The zero-order chi connectivity index (χ0) is 15.0. The number of primary amides is 1. The quantitative estimate of drug-likeness (QED) is 0.827. The maximum absolute atomic E-state index is 12.7. The van der Waals surface area contributed by atoms with E-state index < -0.39 is 5.91 Å². The number of benzene rings is 1. The van der Waals surface area contributed by atoms with E-state index in [1.54, 1.807) is 12.1 Å². The first kappa shape index (κ1) is 13.9. The molecule has 1 aromatic heterocycles.